The molecule has 0 bridgehead atoms. The molecule has 5 heteroatoms. The topological polar surface area (TPSA) is 46.1 Å². The maximum absolute atomic E-state index is 12.0. The Bertz CT molecular complexity index is 596. The number of fused-ring (bicyclic) bond motifs is 1. The monoisotopic (exact) mass is 305 g/mol. The lowest BCUT2D eigenvalue weighted by Crippen LogP contribution is -2.26. The van der Waals surface area contributed by atoms with Gasteiger partial charge in [0.15, 0.2) is 5.82 Å². The highest BCUT2D eigenvalue weighted by atomic mass is 79.9. The van der Waals surface area contributed by atoms with Gasteiger partial charge in [0.25, 0.3) is 0 Å². The Morgan fingerprint density at radius 2 is 2.22 bits per heavy atom. The number of aromatic nitrogens is 2. The van der Waals surface area contributed by atoms with Crippen molar-refractivity contribution in [2.45, 2.75) is 6.42 Å². The van der Waals surface area contributed by atoms with Gasteiger partial charge in [-0.1, -0.05) is 22.0 Å². The van der Waals surface area contributed by atoms with Crippen molar-refractivity contribution in [3.63, 3.8) is 0 Å². The fourth-order valence-corrected chi connectivity index (χ4v) is 2.71. The smallest absolute Gasteiger partial charge is 0.228 e. The number of rotatable bonds is 2. The average molecular weight is 306 g/mol. The van der Waals surface area contributed by atoms with E-state index in [1.807, 2.05) is 18.2 Å². The number of anilines is 1. The number of hydrogen-bond acceptors (Lipinski definition) is 3. The van der Waals surface area contributed by atoms with E-state index in [4.69, 9.17) is 0 Å². The molecule has 0 N–H and O–H groups in total. The van der Waals surface area contributed by atoms with Gasteiger partial charge in [-0.05, 0) is 18.1 Å². The molecule has 1 saturated heterocycles. The van der Waals surface area contributed by atoms with Crippen LogP contribution in [0.25, 0.3) is 10.9 Å². The van der Waals surface area contributed by atoms with Crippen LogP contribution in [0.5, 0.6) is 0 Å². The summed E-state index contributed by atoms with van der Waals surface area (Å²) in [6.45, 7) is 0.715. The summed E-state index contributed by atoms with van der Waals surface area (Å²) in [5.41, 5.74) is 0.795. The SMILES string of the molecule is O=C1CC(CBr)CN1c1nccc2cccnc12. The van der Waals surface area contributed by atoms with Crippen LogP contribution in [0.4, 0.5) is 5.82 Å². The summed E-state index contributed by atoms with van der Waals surface area (Å²) in [4.78, 5) is 22.5. The number of pyridine rings is 2. The first-order valence-corrected chi connectivity index (χ1v) is 6.98. The highest BCUT2D eigenvalue weighted by Gasteiger charge is 2.31. The van der Waals surface area contributed by atoms with Crippen LogP contribution in [0.3, 0.4) is 0 Å². The first kappa shape index (κ1) is 11.6. The summed E-state index contributed by atoms with van der Waals surface area (Å²) < 4.78 is 0. The van der Waals surface area contributed by atoms with Gasteiger partial charge < -0.3 is 0 Å². The zero-order valence-corrected chi connectivity index (χ0v) is 11.3. The van der Waals surface area contributed by atoms with Crippen molar-refractivity contribution in [1.29, 1.82) is 0 Å². The summed E-state index contributed by atoms with van der Waals surface area (Å²) in [5.74, 6) is 1.17. The molecule has 1 fully saturated rings. The predicted octanol–water partition coefficient (Wildman–Crippen LogP) is 2.38. The summed E-state index contributed by atoms with van der Waals surface area (Å²) >= 11 is 3.44. The second-order valence-electron chi connectivity index (χ2n) is 4.44. The lowest BCUT2D eigenvalue weighted by Gasteiger charge is -2.16. The quantitative estimate of drug-likeness (QED) is 0.800. The van der Waals surface area contributed by atoms with Gasteiger partial charge >= 0.3 is 0 Å². The van der Waals surface area contributed by atoms with Gasteiger partial charge in [0.2, 0.25) is 5.91 Å². The third-order valence-electron chi connectivity index (χ3n) is 3.18. The van der Waals surface area contributed by atoms with Crippen LogP contribution >= 0.6 is 15.9 Å². The van der Waals surface area contributed by atoms with Gasteiger partial charge in [-0.2, -0.15) is 0 Å². The maximum Gasteiger partial charge on any atom is 0.228 e. The largest absolute Gasteiger partial charge is 0.295 e. The van der Waals surface area contributed by atoms with E-state index >= 15 is 0 Å². The van der Waals surface area contributed by atoms with Gasteiger partial charge in [-0.15, -0.1) is 0 Å². The molecule has 2 aromatic heterocycles. The molecule has 92 valence electrons. The normalized spacial score (nSPS) is 19.7. The van der Waals surface area contributed by atoms with Gasteiger partial charge in [-0.25, -0.2) is 4.98 Å². The third kappa shape index (κ3) is 1.88. The molecule has 0 spiro atoms. The maximum atomic E-state index is 12.0. The Balaban J connectivity index is 2.07. The lowest BCUT2D eigenvalue weighted by molar-refractivity contribution is -0.117. The van der Waals surface area contributed by atoms with Crippen LogP contribution in [-0.4, -0.2) is 27.7 Å². The van der Waals surface area contributed by atoms with Crippen molar-refractivity contribution in [2.75, 3.05) is 16.8 Å². The van der Waals surface area contributed by atoms with Crippen LogP contribution < -0.4 is 4.90 Å². The molecule has 3 rings (SSSR count). The predicted molar refractivity (Wildman–Crippen MR) is 73.8 cm³/mol. The molecule has 0 radical (unpaired) electrons. The van der Waals surface area contributed by atoms with Crippen LogP contribution in [0.2, 0.25) is 0 Å². The number of amides is 1. The number of carbonyl (C=O) groups excluding carboxylic acids is 1. The van der Waals surface area contributed by atoms with E-state index in [1.165, 1.54) is 0 Å². The summed E-state index contributed by atoms with van der Waals surface area (Å²) in [5, 5.41) is 1.85. The van der Waals surface area contributed by atoms with Crippen molar-refractivity contribution < 1.29 is 4.79 Å². The van der Waals surface area contributed by atoms with E-state index in [1.54, 1.807) is 17.3 Å². The molecule has 2 aromatic rings. The number of halogens is 1. The summed E-state index contributed by atoms with van der Waals surface area (Å²) in [7, 11) is 0. The molecule has 3 heterocycles. The molecule has 0 aliphatic carbocycles. The Labute approximate surface area is 113 Å². The molecule has 1 aliphatic rings. The average Bonchev–Trinajstić information content (AvgIpc) is 2.79. The van der Waals surface area contributed by atoms with Crippen LogP contribution in [-0.2, 0) is 4.79 Å². The van der Waals surface area contributed by atoms with Gasteiger partial charge in [-0.3, -0.25) is 14.7 Å². The second-order valence-corrected chi connectivity index (χ2v) is 5.09. The van der Waals surface area contributed by atoms with Gasteiger partial charge in [0.05, 0.1) is 0 Å². The second kappa shape index (κ2) is 4.65. The molecular formula is C13H12BrN3O. The lowest BCUT2D eigenvalue weighted by atomic mass is 10.2. The van der Waals surface area contributed by atoms with E-state index in [9.17, 15) is 4.79 Å². The Hall–Kier alpha value is -1.49. The minimum absolute atomic E-state index is 0.130. The minimum atomic E-state index is 0.130. The van der Waals surface area contributed by atoms with Crippen molar-refractivity contribution in [3.05, 3.63) is 30.6 Å². The van der Waals surface area contributed by atoms with Crippen molar-refractivity contribution in [2.24, 2.45) is 5.92 Å². The summed E-state index contributed by atoms with van der Waals surface area (Å²) in [6.07, 6.45) is 4.04. The molecule has 18 heavy (non-hydrogen) atoms. The van der Waals surface area contributed by atoms with Crippen molar-refractivity contribution in [1.82, 2.24) is 9.97 Å². The molecule has 0 saturated carbocycles. The van der Waals surface area contributed by atoms with Crippen molar-refractivity contribution >= 4 is 38.6 Å². The Kier molecular flexibility index (Phi) is 2.99. The molecule has 1 aliphatic heterocycles. The molecule has 0 aromatic carbocycles. The molecule has 1 unspecified atom stereocenters. The van der Waals surface area contributed by atoms with E-state index in [-0.39, 0.29) is 5.91 Å². The van der Waals surface area contributed by atoms with Crippen molar-refractivity contribution in [3.8, 4) is 0 Å². The van der Waals surface area contributed by atoms with E-state index in [0.717, 1.165) is 16.2 Å². The van der Waals surface area contributed by atoms with Crippen LogP contribution in [0.1, 0.15) is 6.42 Å². The fourth-order valence-electron chi connectivity index (χ4n) is 2.28. The fraction of sp³-hybridized carbons (Fsp3) is 0.308. The highest BCUT2D eigenvalue weighted by molar-refractivity contribution is 9.09. The zero-order valence-electron chi connectivity index (χ0n) is 9.71. The Morgan fingerprint density at radius 1 is 1.33 bits per heavy atom. The zero-order chi connectivity index (χ0) is 12.5. The van der Waals surface area contributed by atoms with E-state index in [0.29, 0.717) is 24.7 Å². The third-order valence-corrected chi connectivity index (χ3v) is 4.10. The number of hydrogen-bond donors (Lipinski definition) is 0. The Morgan fingerprint density at radius 3 is 3.00 bits per heavy atom. The first-order valence-electron chi connectivity index (χ1n) is 5.85. The first-order chi connectivity index (χ1) is 8.79. The van der Waals surface area contributed by atoms with Crippen LogP contribution in [0, 0.1) is 5.92 Å². The molecular weight excluding hydrogens is 294 g/mol. The van der Waals surface area contributed by atoms with Gasteiger partial charge in [0, 0.05) is 36.1 Å². The number of alkyl halides is 1. The van der Waals surface area contributed by atoms with Gasteiger partial charge in [0.1, 0.15) is 5.52 Å². The molecule has 1 atom stereocenters. The standard InChI is InChI=1S/C13H12BrN3O/c14-7-9-6-11(18)17(8-9)13-12-10(3-5-16-13)2-1-4-15-12/h1-5,9H,6-8H2. The molecule has 1 amide bonds. The van der Waals surface area contributed by atoms with E-state index in [2.05, 4.69) is 25.9 Å². The number of nitrogens with zero attached hydrogens (tertiary/aromatic N) is 3. The minimum Gasteiger partial charge on any atom is -0.295 e. The highest BCUT2D eigenvalue weighted by Crippen LogP contribution is 2.28. The summed E-state index contributed by atoms with van der Waals surface area (Å²) in [6, 6.07) is 5.78. The number of carbonyl (C=O) groups is 1. The van der Waals surface area contributed by atoms with E-state index < -0.39 is 0 Å². The molecule has 4 nitrogen and oxygen atoms in total. The van der Waals surface area contributed by atoms with Crippen LogP contribution in [0.15, 0.2) is 30.6 Å².